The van der Waals surface area contributed by atoms with Gasteiger partial charge >= 0.3 is 5.97 Å². The third-order valence-corrected chi connectivity index (χ3v) is 3.92. The Bertz CT molecular complexity index is 512. The lowest BCUT2D eigenvalue weighted by molar-refractivity contribution is -0.150. The van der Waals surface area contributed by atoms with Crippen molar-refractivity contribution in [2.24, 2.45) is 5.41 Å². The molecule has 1 amide bonds. The summed E-state index contributed by atoms with van der Waals surface area (Å²) < 4.78 is 0.690. The van der Waals surface area contributed by atoms with Crippen LogP contribution >= 0.6 is 15.9 Å². The van der Waals surface area contributed by atoms with Gasteiger partial charge in [0.05, 0.1) is 16.5 Å². The molecule has 0 spiro atoms. The van der Waals surface area contributed by atoms with Crippen LogP contribution in [0.15, 0.2) is 22.9 Å². The Balaban J connectivity index is 2.96. The molecule has 19 heavy (non-hydrogen) atoms. The summed E-state index contributed by atoms with van der Waals surface area (Å²) in [6.07, 6.45) is 3.01. The summed E-state index contributed by atoms with van der Waals surface area (Å²) in [6.45, 7) is 6.53. The van der Waals surface area contributed by atoms with E-state index in [9.17, 15) is 14.7 Å². The maximum absolute atomic E-state index is 12.1. The fraction of sp³-hybridized carbons (Fsp3) is 0.462. The minimum Gasteiger partial charge on any atom is -0.481 e. The third-order valence-electron chi connectivity index (χ3n) is 3.49. The number of nitrogens with zero attached hydrogens (tertiary/aromatic N) is 1. The van der Waals surface area contributed by atoms with E-state index in [1.807, 2.05) is 0 Å². The molecule has 0 atom stereocenters. The topological polar surface area (TPSA) is 79.3 Å². The van der Waals surface area contributed by atoms with Crippen LogP contribution in [0.2, 0.25) is 0 Å². The van der Waals surface area contributed by atoms with Crippen LogP contribution in [0.5, 0.6) is 0 Å². The Kier molecular flexibility index (Phi) is 4.35. The van der Waals surface area contributed by atoms with Crippen LogP contribution < -0.4 is 5.32 Å². The number of aromatic nitrogens is 1. The first kappa shape index (κ1) is 15.6. The predicted octanol–water partition coefficient (Wildman–Crippen LogP) is 2.46. The Hall–Kier alpha value is -1.43. The second-order valence-corrected chi connectivity index (χ2v) is 6.32. The summed E-state index contributed by atoms with van der Waals surface area (Å²) in [7, 11) is 0. The normalized spacial score (nSPS) is 12.1. The molecule has 5 nitrogen and oxygen atoms in total. The van der Waals surface area contributed by atoms with Crippen molar-refractivity contribution < 1.29 is 14.7 Å². The Labute approximate surface area is 120 Å². The number of carboxylic acid groups (broad SMARTS) is 1. The lowest BCUT2D eigenvalue weighted by Crippen LogP contribution is -2.56. The molecule has 6 heteroatoms. The number of pyridine rings is 1. The van der Waals surface area contributed by atoms with Crippen LogP contribution in [0.4, 0.5) is 0 Å². The average molecular weight is 329 g/mol. The van der Waals surface area contributed by atoms with E-state index < -0.39 is 16.9 Å². The Morgan fingerprint density at radius 3 is 2.32 bits per heavy atom. The number of aliphatic carboxylic acids is 1. The van der Waals surface area contributed by atoms with Gasteiger partial charge in [0.15, 0.2) is 0 Å². The molecular formula is C13H17BrN2O3. The smallest absolute Gasteiger partial charge is 0.311 e. The van der Waals surface area contributed by atoms with E-state index >= 15 is 0 Å². The van der Waals surface area contributed by atoms with Gasteiger partial charge in [0.2, 0.25) is 0 Å². The number of rotatable bonds is 4. The fourth-order valence-electron chi connectivity index (χ4n) is 1.32. The molecule has 0 aliphatic carbocycles. The van der Waals surface area contributed by atoms with Gasteiger partial charge in [-0.05, 0) is 49.7 Å². The van der Waals surface area contributed by atoms with Crippen LogP contribution in [0.25, 0.3) is 0 Å². The van der Waals surface area contributed by atoms with Crippen LogP contribution in [0.1, 0.15) is 38.1 Å². The van der Waals surface area contributed by atoms with Crippen LogP contribution in [0, 0.1) is 5.41 Å². The molecule has 0 bridgehead atoms. The molecule has 104 valence electrons. The van der Waals surface area contributed by atoms with Crippen LogP contribution in [-0.4, -0.2) is 27.5 Å². The molecule has 0 aromatic carbocycles. The molecule has 0 saturated carbocycles. The molecule has 0 radical (unpaired) electrons. The van der Waals surface area contributed by atoms with Crippen molar-refractivity contribution in [3.05, 3.63) is 28.5 Å². The SMILES string of the molecule is CC(C)(NC(=O)c1cncc(Br)c1)C(C)(C)C(=O)O. The van der Waals surface area contributed by atoms with Crippen molar-refractivity contribution in [3.63, 3.8) is 0 Å². The summed E-state index contributed by atoms with van der Waals surface area (Å²) in [5, 5.41) is 12.0. The van der Waals surface area contributed by atoms with E-state index in [-0.39, 0.29) is 5.91 Å². The van der Waals surface area contributed by atoms with Crippen LogP contribution in [0.3, 0.4) is 0 Å². The quantitative estimate of drug-likeness (QED) is 0.889. The molecule has 0 unspecified atom stereocenters. The molecule has 2 N–H and O–H groups in total. The van der Waals surface area contributed by atoms with Gasteiger partial charge in [-0.25, -0.2) is 0 Å². The number of carboxylic acids is 1. The molecule has 1 aromatic rings. The highest BCUT2D eigenvalue weighted by Crippen LogP contribution is 2.31. The van der Waals surface area contributed by atoms with Crippen molar-refractivity contribution in [3.8, 4) is 0 Å². The second kappa shape index (κ2) is 5.28. The van der Waals surface area contributed by atoms with E-state index in [4.69, 9.17) is 0 Å². The maximum atomic E-state index is 12.1. The van der Waals surface area contributed by atoms with Gasteiger partial charge in [0.1, 0.15) is 0 Å². The van der Waals surface area contributed by atoms with Gasteiger partial charge in [0.25, 0.3) is 5.91 Å². The minimum absolute atomic E-state index is 0.354. The Morgan fingerprint density at radius 2 is 1.84 bits per heavy atom. The molecule has 1 rings (SSSR count). The number of amides is 1. The summed E-state index contributed by atoms with van der Waals surface area (Å²) >= 11 is 3.24. The molecule has 1 heterocycles. The van der Waals surface area contributed by atoms with Gasteiger partial charge in [-0.15, -0.1) is 0 Å². The number of carbonyl (C=O) groups excluding carboxylic acids is 1. The van der Waals surface area contributed by atoms with E-state index in [0.717, 1.165) is 0 Å². The van der Waals surface area contributed by atoms with Crippen molar-refractivity contribution in [2.45, 2.75) is 33.2 Å². The zero-order valence-corrected chi connectivity index (χ0v) is 12.9. The van der Waals surface area contributed by atoms with Crippen molar-refractivity contribution in [2.75, 3.05) is 0 Å². The van der Waals surface area contributed by atoms with Crippen molar-refractivity contribution in [1.82, 2.24) is 10.3 Å². The van der Waals surface area contributed by atoms with E-state index in [1.165, 1.54) is 6.20 Å². The zero-order valence-electron chi connectivity index (χ0n) is 11.3. The van der Waals surface area contributed by atoms with Gasteiger partial charge in [-0.1, -0.05) is 0 Å². The number of hydrogen-bond acceptors (Lipinski definition) is 3. The second-order valence-electron chi connectivity index (χ2n) is 5.40. The van der Waals surface area contributed by atoms with Crippen molar-refractivity contribution in [1.29, 1.82) is 0 Å². The van der Waals surface area contributed by atoms with E-state index in [0.29, 0.717) is 10.0 Å². The minimum atomic E-state index is -1.10. The third kappa shape index (κ3) is 3.32. The van der Waals surface area contributed by atoms with E-state index in [1.54, 1.807) is 40.0 Å². The molecular weight excluding hydrogens is 312 g/mol. The molecule has 0 aliphatic heterocycles. The average Bonchev–Trinajstić information content (AvgIpc) is 2.27. The van der Waals surface area contributed by atoms with Crippen LogP contribution in [-0.2, 0) is 4.79 Å². The predicted molar refractivity (Wildman–Crippen MR) is 74.9 cm³/mol. The first-order valence-electron chi connectivity index (χ1n) is 5.74. The molecule has 0 fully saturated rings. The molecule has 0 aliphatic rings. The monoisotopic (exact) mass is 328 g/mol. The standard InChI is InChI=1S/C13H17BrN2O3/c1-12(2,11(18)19)13(3,4)16-10(17)8-5-9(14)7-15-6-8/h5-7H,1-4H3,(H,16,17)(H,18,19). The first-order valence-corrected chi connectivity index (χ1v) is 6.53. The van der Waals surface area contributed by atoms with Gasteiger partial charge in [0, 0.05) is 16.9 Å². The Morgan fingerprint density at radius 1 is 1.26 bits per heavy atom. The molecule has 1 aromatic heterocycles. The van der Waals surface area contributed by atoms with Gasteiger partial charge in [-0.3, -0.25) is 14.6 Å². The highest BCUT2D eigenvalue weighted by molar-refractivity contribution is 9.10. The fourth-order valence-corrected chi connectivity index (χ4v) is 1.68. The molecule has 0 saturated heterocycles. The zero-order chi connectivity index (χ0) is 14.8. The van der Waals surface area contributed by atoms with Crippen molar-refractivity contribution >= 4 is 27.8 Å². The lowest BCUT2D eigenvalue weighted by Gasteiger charge is -2.38. The lowest BCUT2D eigenvalue weighted by atomic mass is 9.74. The summed E-state index contributed by atoms with van der Waals surface area (Å²) in [5.74, 6) is -1.32. The maximum Gasteiger partial charge on any atom is 0.311 e. The summed E-state index contributed by atoms with van der Waals surface area (Å²) in [6, 6.07) is 1.63. The highest BCUT2D eigenvalue weighted by atomic mass is 79.9. The first-order chi connectivity index (χ1) is 8.58. The highest BCUT2D eigenvalue weighted by Gasteiger charge is 2.44. The largest absolute Gasteiger partial charge is 0.481 e. The van der Waals surface area contributed by atoms with E-state index in [2.05, 4.69) is 26.2 Å². The number of hydrogen-bond donors (Lipinski definition) is 2. The summed E-state index contributed by atoms with van der Waals surface area (Å²) in [5.41, 5.74) is -1.62. The van der Waals surface area contributed by atoms with Gasteiger partial charge in [-0.2, -0.15) is 0 Å². The van der Waals surface area contributed by atoms with Gasteiger partial charge < -0.3 is 10.4 Å². The number of halogens is 1. The number of nitrogens with one attached hydrogen (secondary N) is 1. The number of carbonyl (C=O) groups is 2. The summed E-state index contributed by atoms with van der Waals surface area (Å²) in [4.78, 5) is 27.3.